The molecule has 0 unspecified atom stereocenters. The molecule has 1 aromatic carbocycles. The predicted molar refractivity (Wildman–Crippen MR) is 58.1 cm³/mol. The van der Waals surface area contributed by atoms with Gasteiger partial charge < -0.3 is 4.74 Å². The highest BCUT2D eigenvalue weighted by molar-refractivity contribution is 7.94. The van der Waals surface area contributed by atoms with E-state index in [-0.39, 0.29) is 0 Å². The van der Waals surface area contributed by atoms with Crippen LogP contribution < -0.4 is 0 Å². The van der Waals surface area contributed by atoms with Gasteiger partial charge in [-0.05, 0) is 23.8 Å². The maximum Gasteiger partial charge on any atom is 0.330 e. The average Bonchev–Trinajstić information content (AvgIpc) is 2.34. The van der Waals surface area contributed by atoms with Gasteiger partial charge in [0.25, 0.3) is 0 Å². The topological polar surface area (TPSA) is 65.0 Å². The van der Waals surface area contributed by atoms with Crippen LogP contribution >= 0.6 is 12.0 Å². The molecule has 0 amide bonds. The van der Waals surface area contributed by atoms with Crippen molar-refractivity contribution in [3.05, 3.63) is 35.9 Å². The van der Waals surface area contributed by atoms with Crippen molar-refractivity contribution in [1.29, 1.82) is 0 Å². The molecular formula is C10H10O5S. The molecule has 1 N–H and O–H groups in total. The minimum atomic E-state index is -0.423. The van der Waals surface area contributed by atoms with E-state index in [2.05, 4.69) is 14.1 Å². The minimum Gasteiger partial charge on any atom is -0.466 e. The lowest BCUT2D eigenvalue weighted by atomic mass is 10.2. The first-order valence-electron chi connectivity index (χ1n) is 4.27. The van der Waals surface area contributed by atoms with Crippen LogP contribution in [0.25, 0.3) is 6.08 Å². The van der Waals surface area contributed by atoms with Crippen LogP contribution in [0.1, 0.15) is 5.56 Å². The van der Waals surface area contributed by atoms with Crippen LogP contribution in [0.5, 0.6) is 0 Å². The predicted octanol–water partition coefficient (Wildman–Crippen LogP) is 2.30. The zero-order chi connectivity index (χ0) is 11.8. The van der Waals surface area contributed by atoms with E-state index in [1.165, 1.54) is 13.2 Å². The van der Waals surface area contributed by atoms with E-state index >= 15 is 0 Å². The lowest BCUT2D eigenvalue weighted by molar-refractivity contribution is -0.432. The van der Waals surface area contributed by atoms with E-state index in [1.807, 2.05) is 6.07 Å². The Hall–Kier alpha value is -1.34. The van der Waals surface area contributed by atoms with Crippen LogP contribution in [0.3, 0.4) is 0 Å². The SMILES string of the molecule is COC(=O)/C=C/c1cccc(SOOO)c1. The van der Waals surface area contributed by atoms with E-state index in [9.17, 15) is 4.79 Å². The molecule has 0 spiro atoms. The summed E-state index contributed by atoms with van der Waals surface area (Å²) in [5.74, 6) is -0.423. The molecule has 86 valence electrons. The molecule has 1 rings (SSSR count). The highest BCUT2D eigenvalue weighted by Crippen LogP contribution is 2.20. The quantitative estimate of drug-likeness (QED) is 0.281. The van der Waals surface area contributed by atoms with Gasteiger partial charge in [0.2, 0.25) is 0 Å². The molecule has 0 bridgehead atoms. The van der Waals surface area contributed by atoms with Crippen molar-refractivity contribution in [2.45, 2.75) is 4.90 Å². The summed E-state index contributed by atoms with van der Waals surface area (Å²) < 4.78 is 8.74. The van der Waals surface area contributed by atoms with Gasteiger partial charge in [0.1, 0.15) is 0 Å². The summed E-state index contributed by atoms with van der Waals surface area (Å²) in [5, 5.41) is 11.5. The Morgan fingerprint density at radius 3 is 3.00 bits per heavy atom. The summed E-state index contributed by atoms with van der Waals surface area (Å²) in [4.78, 5) is 11.6. The van der Waals surface area contributed by atoms with Crippen molar-refractivity contribution in [3.8, 4) is 0 Å². The lowest BCUT2D eigenvalue weighted by Crippen LogP contribution is -1.93. The third-order valence-electron chi connectivity index (χ3n) is 1.63. The molecule has 0 aromatic heterocycles. The summed E-state index contributed by atoms with van der Waals surface area (Å²) in [6, 6.07) is 7.10. The van der Waals surface area contributed by atoms with Crippen molar-refractivity contribution in [3.63, 3.8) is 0 Å². The average molecular weight is 242 g/mol. The molecule has 0 saturated carbocycles. The summed E-state index contributed by atoms with van der Waals surface area (Å²) in [5.41, 5.74) is 0.803. The smallest absolute Gasteiger partial charge is 0.330 e. The lowest BCUT2D eigenvalue weighted by Gasteiger charge is -1.98. The van der Waals surface area contributed by atoms with E-state index in [0.29, 0.717) is 0 Å². The van der Waals surface area contributed by atoms with Crippen molar-refractivity contribution < 1.29 is 24.2 Å². The molecule has 0 fully saturated rings. The number of hydrogen-bond acceptors (Lipinski definition) is 6. The number of rotatable bonds is 5. The van der Waals surface area contributed by atoms with Gasteiger partial charge in [-0.2, -0.15) is 0 Å². The molecule has 0 radical (unpaired) electrons. The molecule has 6 heteroatoms. The van der Waals surface area contributed by atoms with Crippen LogP contribution in [-0.2, 0) is 18.9 Å². The van der Waals surface area contributed by atoms with E-state index in [4.69, 9.17) is 5.26 Å². The molecule has 5 nitrogen and oxygen atoms in total. The Morgan fingerprint density at radius 2 is 2.31 bits per heavy atom. The van der Waals surface area contributed by atoms with Crippen LogP contribution in [0.15, 0.2) is 35.2 Å². The van der Waals surface area contributed by atoms with Crippen LogP contribution in [-0.4, -0.2) is 18.3 Å². The Balaban J connectivity index is 2.66. The Bertz CT molecular complexity index is 377. The molecular weight excluding hydrogens is 232 g/mol. The second kappa shape index (κ2) is 7.02. The molecule has 0 aliphatic rings. The van der Waals surface area contributed by atoms with Gasteiger partial charge in [-0.1, -0.05) is 17.2 Å². The maximum atomic E-state index is 10.9. The minimum absolute atomic E-state index is 0.423. The number of benzene rings is 1. The van der Waals surface area contributed by atoms with Gasteiger partial charge in [0.15, 0.2) is 0 Å². The molecule has 0 aliphatic heterocycles. The van der Waals surface area contributed by atoms with Crippen molar-refractivity contribution >= 4 is 24.1 Å². The molecule has 16 heavy (non-hydrogen) atoms. The monoisotopic (exact) mass is 242 g/mol. The van der Waals surface area contributed by atoms with E-state index < -0.39 is 5.97 Å². The Morgan fingerprint density at radius 1 is 1.50 bits per heavy atom. The van der Waals surface area contributed by atoms with E-state index in [0.717, 1.165) is 22.5 Å². The zero-order valence-electron chi connectivity index (χ0n) is 8.45. The Kier molecular flexibility index (Phi) is 5.58. The fraction of sp³-hybridized carbons (Fsp3) is 0.100. The Labute approximate surface area is 96.7 Å². The summed E-state index contributed by atoms with van der Waals surface area (Å²) in [7, 11) is 1.31. The molecule has 0 heterocycles. The first-order chi connectivity index (χ1) is 7.76. The number of carbonyl (C=O) groups is 1. The second-order valence-corrected chi connectivity index (χ2v) is 3.43. The fourth-order valence-electron chi connectivity index (χ4n) is 0.957. The third-order valence-corrected chi connectivity index (χ3v) is 2.21. The fourth-order valence-corrected chi connectivity index (χ4v) is 1.38. The zero-order valence-corrected chi connectivity index (χ0v) is 9.27. The van der Waals surface area contributed by atoms with Crippen LogP contribution in [0.2, 0.25) is 0 Å². The standard InChI is InChI=1S/C10H10O5S/c1-13-10(11)6-5-8-3-2-4-9(7-8)16-15-14-12/h2-7,12H,1H3/b6-5+. The van der Waals surface area contributed by atoms with Crippen LogP contribution in [0, 0.1) is 0 Å². The summed E-state index contributed by atoms with van der Waals surface area (Å²) in [6.45, 7) is 0. The molecule has 1 aromatic rings. The third kappa shape index (κ3) is 4.45. The number of hydrogen-bond donors (Lipinski definition) is 1. The summed E-state index contributed by atoms with van der Waals surface area (Å²) in [6.07, 6.45) is 2.92. The first kappa shape index (κ1) is 12.7. The van der Waals surface area contributed by atoms with Crippen molar-refractivity contribution in [2.24, 2.45) is 0 Å². The highest BCUT2D eigenvalue weighted by Gasteiger charge is 1.97. The number of esters is 1. The number of methoxy groups -OCH3 is 1. The second-order valence-electron chi connectivity index (χ2n) is 2.65. The van der Waals surface area contributed by atoms with Crippen molar-refractivity contribution in [1.82, 2.24) is 0 Å². The van der Waals surface area contributed by atoms with Gasteiger partial charge >= 0.3 is 5.97 Å². The normalized spacial score (nSPS) is 10.6. The van der Waals surface area contributed by atoms with Gasteiger partial charge in [0, 0.05) is 11.0 Å². The highest BCUT2D eigenvalue weighted by atomic mass is 32.2. The van der Waals surface area contributed by atoms with E-state index in [1.54, 1.807) is 24.3 Å². The maximum absolute atomic E-state index is 10.9. The van der Waals surface area contributed by atoms with Gasteiger partial charge in [-0.25, -0.2) is 10.1 Å². The molecule has 0 atom stereocenters. The van der Waals surface area contributed by atoms with Crippen LogP contribution in [0.4, 0.5) is 0 Å². The van der Waals surface area contributed by atoms with Gasteiger partial charge in [0.05, 0.1) is 19.2 Å². The van der Waals surface area contributed by atoms with Gasteiger partial charge in [-0.15, -0.1) is 4.33 Å². The van der Waals surface area contributed by atoms with Gasteiger partial charge in [-0.3, -0.25) is 0 Å². The molecule has 0 aliphatic carbocycles. The molecule has 0 saturated heterocycles. The number of carbonyl (C=O) groups excluding carboxylic acids is 1. The van der Waals surface area contributed by atoms with Crippen molar-refractivity contribution in [2.75, 3.05) is 7.11 Å². The first-order valence-corrected chi connectivity index (χ1v) is 5.01. The largest absolute Gasteiger partial charge is 0.466 e. The summed E-state index contributed by atoms with van der Waals surface area (Å²) >= 11 is 0.852. The number of ether oxygens (including phenoxy) is 1.